The second-order valence-electron chi connectivity index (χ2n) is 4.22. The summed E-state index contributed by atoms with van der Waals surface area (Å²) in [6.07, 6.45) is 6.27. The lowest BCUT2D eigenvalue weighted by atomic mass is 9.99. The molecule has 0 aliphatic heterocycles. The maximum absolute atomic E-state index is 9.13. The highest BCUT2D eigenvalue weighted by molar-refractivity contribution is 5.27. The van der Waals surface area contributed by atoms with Gasteiger partial charge in [0.25, 0.3) is 0 Å². The summed E-state index contributed by atoms with van der Waals surface area (Å²) in [5.41, 5.74) is 7.85. The number of pyridine rings is 1. The summed E-state index contributed by atoms with van der Waals surface area (Å²) >= 11 is 0. The number of nitriles is 1. The summed E-state index contributed by atoms with van der Waals surface area (Å²) in [6.45, 7) is 2.05. The zero-order valence-corrected chi connectivity index (χ0v) is 10.3. The number of nitrogens with two attached hydrogens (primary N) is 1. The van der Waals surface area contributed by atoms with Gasteiger partial charge in [-0.1, -0.05) is 13.0 Å². The average molecular weight is 240 g/mol. The molecule has 0 bridgehead atoms. The summed E-state index contributed by atoms with van der Waals surface area (Å²) in [5.74, 6) is 0. The van der Waals surface area contributed by atoms with Gasteiger partial charge in [-0.2, -0.15) is 5.26 Å². The Hall–Kier alpha value is -2.12. The zero-order chi connectivity index (χ0) is 13.0. The largest absolute Gasteiger partial charge is 0.330 e. The minimum Gasteiger partial charge on any atom is -0.330 e. The molecule has 2 rings (SSSR count). The number of hydrogen-bond donors (Lipinski definition) is 1. The Kier molecular flexibility index (Phi) is 3.75. The number of rotatable bonds is 4. The van der Waals surface area contributed by atoms with Crippen molar-refractivity contribution < 1.29 is 0 Å². The molecular formula is C14H16N4. The summed E-state index contributed by atoms with van der Waals surface area (Å²) in [4.78, 5) is 4.14. The second-order valence-corrected chi connectivity index (χ2v) is 4.22. The van der Waals surface area contributed by atoms with Gasteiger partial charge in [0.15, 0.2) is 0 Å². The van der Waals surface area contributed by atoms with Crippen molar-refractivity contribution in [3.05, 3.63) is 54.1 Å². The first-order valence-electron chi connectivity index (χ1n) is 6.00. The van der Waals surface area contributed by atoms with Crippen LogP contribution in [0.15, 0.2) is 42.9 Å². The summed E-state index contributed by atoms with van der Waals surface area (Å²) < 4.78 is 1.92. The SMILES string of the molecule is CCC(N)C(c1cccnc1)n1cccc1C#N. The van der Waals surface area contributed by atoms with E-state index in [0.717, 1.165) is 12.0 Å². The monoisotopic (exact) mass is 240 g/mol. The molecule has 4 heteroatoms. The van der Waals surface area contributed by atoms with Gasteiger partial charge in [-0.05, 0) is 30.2 Å². The highest BCUT2D eigenvalue weighted by atomic mass is 15.0. The lowest BCUT2D eigenvalue weighted by molar-refractivity contribution is 0.456. The molecule has 0 spiro atoms. The van der Waals surface area contributed by atoms with Crippen molar-refractivity contribution in [1.82, 2.24) is 9.55 Å². The highest BCUT2D eigenvalue weighted by Gasteiger charge is 2.22. The molecule has 2 N–H and O–H groups in total. The lowest BCUT2D eigenvalue weighted by Gasteiger charge is -2.25. The van der Waals surface area contributed by atoms with Gasteiger partial charge in [-0.25, -0.2) is 0 Å². The number of nitrogens with zero attached hydrogens (tertiary/aromatic N) is 3. The van der Waals surface area contributed by atoms with Gasteiger partial charge >= 0.3 is 0 Å². The molecule has 2 aromatic heterocycles. The van der Waals surface area contributed by atoms with Crippen LogP contribution >= 0.6 is 0 Å². The molecule has 4 nitrogen and oxygen atoms in total. The minimum atomic E-state index is -0.0478. The maximum atomic E-state index is 9.13. The van der Waals surface area contributed by atoms with Gasteiger partial charge in [0.2, 0.25) is 0 Å². The average Bonchev–Trinajstić information content (AvgIpc) is 2.88. The van der Waals surface area contributed by atoms with E-state index >= 15 is 0 Å². The molecule has 0 amide bonds. The van der Waals surface area contributed by atoms with Crippen LogP contribution in [0.5, 0.6) is 0 Å². The van der Waals surface area contributed by atoms with Crippen LogP contribution in [0, 0.1) is 11.3 Å². The quantitative estimate of drug-likeness (QED) is 0.889. The van der Waals surface area contributed by atoms with Crippen molar-refractivity contribution in [2.75, 3.05) is 0 Å². The maximum Gasteiger partial charge on any atom is 0.120 e. The Morgan fingerprint density at radius 1 is 1.44 bits per heavy atom. The molecule has 2 heterocycles. The van der Waals surface area contributed by atoms with E-state index in [9.17, 15) is 0 Å². The highest BCUT2D eigenvalue weighted by Crippen LogP contribution is 2.24. The Labute approximate surface area is 107 Å². The molecule has 2 unspecified atom stereocenters. The molecule has 2 atom stereocenters. The topological polar surface area (TPSA) is 67.6 Å². The summed E-state index contributed by atoms with van der Waals surface area (Å²) in [5, 5.41) is 9.13. The van der Waals surface area contributed by atoms with Crippen LogP contribution < -0.4 is 5.73 Å². The molecule has 0 radical (unpaired) electrons. The van der Waals surface area contributed by atoms with Crippen molar-refractivity contribution in [2.45, 2.75) is 25.4 Å². The predicted octanol–water partition coefficient (Wildman–Crippen LogP) is 2.08. The second kappa shape index (κ2) is 5.48. The molecule has 2 aromatic rings. The third-order valence-electron chi connectivity index (χ3n) is 3.10. The van der Waals surface area contributed by atoms with E-state index in [1.807, 2.05) is 35.9 Å². The van der Waals surface area contributed by atoms with Crippen LogP contribution in [0.4, 0.5) is 0 Å². The van der Waals surface area contributed by atoms with Gasteiger partial charge < -0.3 is 10.3 Å². The van der Waals surface area contributed by atoms with Crippen molar-refractivity contribution >= 4 is 0 Å². The van der Waals surface area contributed by atoms with Gasteiger partial charge in [0.05, 0.1) is 6.04 Å². The molecule has 92 valence electrons. The first kappa shape index (κ1) is 12.3. The Morgan fingerprint density at radius 2 is 2.28 bits per heavy atom. The summed E-state index contributed by atoms with van der Waals surface area (Å²) in [7, 11) is 0. The Balaban J connectivity index is 2.48. The fourth-order valence-corrected chi connectivity index (χ4v) is 2.12. The smallest absolute Gasteiger partial charge is 0.120 e. The standard InChI is InChI=1S/C14H16N4/c1-2-13(16)14(11-5-3-7-17-10-11)18-8-4-6-12(18)9-15/h3-8,10,13-14H,2,16H2,1H3. The van der Waals surface area contributed by atoms with Crippen LogP contribution in [-0.4, -0.2) is 15.6 Å². The van der Waals surface area contributed by atoms with Crippen LogP contribution in [0.2, 0.25) is 0 Å². The van der Waals surface area contributed by atoms with E-state index in [1.165, 1.54) is 0 Å². The number of aromatic nitrogens is 2. The first-order chi connectivity index (χ1) is 8.77. The third-order valence-corrected chi connectivity index (χ3v) is 3.10. The van der Waals surface area contributed by atoms with Crippen molar-refractivity contribution in [3.63, 3.8) is 0 Å². The normalized spacial score (nSPS) is 13.8. The Bertz CT molecular complexity index is 538. The van der Waals surface area contributed by atoms with Gasteiger partial charge in [0.1, 0.15) is 11.8 Å². The van der Waals surface area contributed by atoms with Gasteiger partial charge in [-0.3, -0.25) is 4.98 Å². The summed E-state index contributed by atoms with van der Waals surface area (Å²) in [6, 6.07) is 9.64. The van der Waals surface area contributed by atoms with E-state index in [-0.39, 0.29) is 12.1 Å². The van der Waals surface area contributed by atoms with Crippen molar-refractivity contribution in [3.8, 4) is 6.07 Å². The van der Waals surface area contributed by atoms with E-state index in [0.29, 0.717) is 5.69 Å². The Morgan fingerprint density at radius 3 is 2.89 bits per heavy atom. The van der Waals surface area contributed by atoms with Crippen LogP contribution in [0.3, 0.4) is 0 Å². The zero-order valence-electron chi connectivity index (χ0n) is 10.3. The molecule has 0 aromatic carbocycles. The third kappa shape index (κ3) is 2.27. The van der Waals surface area contributed by atoms with Crippen LogP contribution in [0.1, 0.15) is 30.6 Å². The molecule has 0 aliphatic rings. The van der Waals surface area contributed by atoms with Gasteiger partial charge in [-0.15, -0.1) is 0 Å². The lowest BCUT2D eigenvalue weighted by Crippen LogP contribution is -2.32. The van der Waals surface area contributed by atoms with Crippen molar-refractivity contribution in [1.29, 1.82) is 5.26 Å². The van der Waals surface area contributed by atoms with Crippen LogP contribution in [-0.2, 0) is 0 Å². The first-order valence-corrected chi connectivity index (χ1v) is 6.00. The fourth-order valence-electron chi connectivity index (χ4n) is 2.12. The molecule has 0 saturated heterocycles. The van der Waals surface area contributed by atoms with E-state index < -0.39 is 0 Å². The minimum absolute atomic E-state index is 0.0475. The molecule has 0 aliphatic carbocycles. The van der Waals surface area contributed by atoms with Gasteiger partial charge in [0, 0.05) is 24.6 Å². The van der Waals surface area contributed by atoms with E-state index in [2.05, 4.69) is 11.1 Å². The number of hydrogen-bond acceptors (Lipinski definition) is 3. The van der Waals surface area contributed by atoms with Crippen LogP contribution in [0.25, 0.3) is 0 Å². The molecule has 0 saturated carbocycles. The molecule has 0 fully saturated rings. The van der Waals surface area contributed by atoms with E-state index in [4.69, 9.17) is 11.0 Å². The predicted molar refractivity (Wildman–Crippen MR) is 69.8 cm³/mol. The van der Waals surface area contributed by atoms with Crippen molar-refractivity contribution in [2.24, 2.45) is 5.73 Å². The fraction of sp³-hybridized carbons (Fsp3) is 0.286. The molecule has 18 heavy (non-hydrogen) atoms. The molecular weight excluding hydrogens is 224 g/mol. The van der Waals surface area contributed by atoms with E-state index in [1.54, 1.807) is 18.5 Å².